The van der Waals surface area contributed by atoms with Crippen molar-refractivity contribution in [1.29, 1.82) is 0 Å². The lowest BCUT2D eigenvalue weighted by molar-refractivity contribution is -0.119. The predicted octanol–water partition coefficient (Wildman–Crippen LogP) is 2.75. The first-order valence-electron chi connectivity index (χ1n) is 8.57. The Kier molecular flexibility index (Phi) is 5.96. The van der Waals surface area contributed by atoms with Crippen molar-refractivity contribution in [2.24, 2.45) is 5.73 Å². The molecule has 2 amide bonds. The summed E-state index contributed by atoms with van der Waals surface area (Å²) in [4.78, 5) is 23.4. The second-order valence-electron chi connectivity index (χ2n) is 5.95. The SMILES string of the molecule is COc1cc(CNC(=O)c2occc2-c2ccccc2)ccc1OCC(N)=O. The molecule has 0 fully saturated rings. The molecule has 0 aliphatic rings. The summed E-state index contributed by atoms with van der Waals surface area (Å²) < 4.78 is 15.9. The molecule has 0 aliphatic heterocycles. The maximum Gasteiger partial charge on any atom is 0.287 e. The van der Waals surface area contributed by atoms with Crippen LogP contribution in [0.15, 0.2) is 65.3 Å². The number of hydrogen-bond acceptors (Lipinski definition) is 5. The van der Waals surface area contributed by atoms with Crippen LogP contribution in [0.4, 0.5) is 0 Å². The predicted molar refractivity (Wildman–Crippen MR) is 103 cm³/mol. The third-order valence-corrected chi connectivity index (χ3v) is 4.01. The molecule has 2 aromatic carbocycles. The van der Waals surface area contributed by atoms with E-state index >= 15 is 0 Å². The molecule has 7 heteroatoms. The van der Waals surface area contributed by atoms with Crippen LogP contribution in [-0.4, -0.2) is 25.5 Å². The van der Waals surface area contributed by atoms with Crippen LogP contribution in [0, 0.1) is 0 Å². The Labute approximate surface area is 162 Å². The van der Waals surface area contributed by atoms with Crippen LogP contribution in [0.25, 0.3) is 11.1 Å². The highest BCUT2D eigenvalue weighted by molar-refractivity contribution is 5.98. The molecule has 144 valence electrons. The van der Waals surface area contributed by atoms with Gasteiger partial charge in [-0.25, -0.2) is 0 Å². The maximum absolute atomic E-state index is 12.6. The Hall–Kier alpha value is -3.74. The number of ether oxygens (including phenoxy) is 2. The first-order chi connectivity index (χ1) is 13.6. The molecule has 0 aliphatic carbocycles. The topological polar surface area (TPSA) is 104 Å². The van der Waals surface area contributed by atoms with Crippen LogP contribution in [0.1, 0.15) is 16.1 Å². The van der Waals surface area contributed by atoms with Crippen LogP contribution in [0.5, 0.6) is 11.5 Å². The van der Waals surface area contributed by atoms with Gasteiger partial charge in [-0.2, -0.15) is 0 Å². The van der Waals surface area contributed by atoms with Gasteiger partial charge in [0.25, 0.3) is 11.8 Å². The largest absolute Gasteiger partial charge is 0.493 e. The fourth-order valence-corrected chi connectivity index (χ4v) is 2.68. The van der Waals surface area contributed by atoms with E-state index in [1.165, 1.54) is 13.4 Å². The lowest BCUT2D eigenvalue weighted by atomic mass is 10.1. The number of nitrogens with one attached hydrogen (secondary N) is 1. The van der Waals surface area contributed by atoms with Crippen LogP contribution in [0.3, 0.4) is 0 Å². The first kappa shape index (κ1) is 19.0. The molecule has 0 atom stereocenters. The Bertz CT molecular complexity index is 966. The van der Waals surface area contributed by atoms with Gasteiger partial charge < -0.3 is 24.9 Å². The molecule has 3 aromatic rings. The van der Waals surface area contributed by atoms with E-state index in [-0.39, 0.29) is 24.8 Å². The van der Waals surface area contributed by atoms with E-state index in [4.69, 9.17) is 19.6 Å². The van der Waals surface area contributed by atoms with Gasteiger partial charge in [-0.15, -0.1) is 0 Å². The fourth-order valence-electron chi connectivity index (χ4n) is 2.68. The zero-order chi connectivity index (χ0) is 19.9. The standard InChI is InChI=1S/C21H20N2O5/c1-26-18-11-14(7-8-17(18)28-13-19(22)24)12-23-21(25)20-16(9-10-27-20)15-5-3-2-4-6-15/h2-11H,12-13H2,1H3,(H2,22,24)(H,23,25). The smallest absolute Gasteiger partial charge is 0.287 e. The van der Waals surface area contributed by atoms with Gasteiger partial charge in [-0.1, -0.05) is 36.4 Å². The number of benzene rings is 2. The normalized spacial score (nSPS) is 10.3. The summed E-state index contributed by atoms with van der Waals surface area (Å²) in [5.41, 5.74) is 7.51. The van der Waals surface area contributed by atoms with Crippen LogP contribution < -0.4 is 20.5 Å². The molecular weight excluding hydrogens is 360 g/mol. The molecule has 3 rings (SSSR count). The van der Waals surface area contributed by atoms with Gasteiger partial charge in [0, 0.05) is 12.1 Å². The number of hydrogen-bond donors (Lipinski definition) is 2. The van der Waals surface area contributed by atoms with E-state index in [0.29, 0.717) is 11.5 Å². The van der Waals surface area contributed by atoms with Crippen molar-refractivity contribution in [2.45, 2.75) is 6.54 Å². The van der Waals surface area contributed by atoms with E-state index in [1.807, 2.05) is 30.3 Å². The minimum atomic E-state index is -0.578. The maximum atomic E-state index is 12.6. The van der Waals surface area contributed by atoms with E-state index in [0.717, 1.165) is 16.7 Å². The van der Waals surface area contributed by atoms with Gasteiger partial charge in [-0.05, 0) is 29.3 Å². The average Bonchev–Trinajstić information content (AvgIpc) is 3.21. The van der Waals surface area contributed by atoms with E-state index in [9.17, 15) is 9.59 Å². The number of primary amides is 1. The summed E-state index contributed by atoms with van der Waals surface area (Å²) in [6.07, 6.45) is 1.49. The average molecular weight is 380 g/mol. The zero-order valence-electron chi connectivity index (χ0n) is 15.3. The molecule has 1 aromatic heterocycles. The molecule has 0 radical (unpaired) electrons. The van der Waals surface area contributed by atoms with Gasteiger partial charge in [0.05, 0.1) is 13.4 Å². The molecule has 7 nitrogen and oxygen atoms in total. The number of furan rings is 1. The van der Waals surface area contributed by atoms with E-state index in [2.05, 4.69) is 5.32 Å². The van der Waals surface area contributed by atoms with Gasteiger partial charge in [0.1, 0.15) is 0 Å². The Morgan fingerprint density at radius 3 is 2.57 bits per heavy atom. The highest BCUT2D eigenvalue weighted by Crippen LogP contribution is 2.28. The fraction of sp³-hybridized carbons (Fsp3) is 0.143. The number of carbonyl (C=O) groups excluding carboxylic acids is 2. The number of carbonyl (C=O) groups is 2. The number of amides is 2. The third kappa shape index (κ3) is 4.50. The van der Waals surface area contributed by atoms with Crippen molar-refractivity contribution in [3.05, 3.63) is 72.2 Å². The van der Waals surface area contributed by atoms with E-state index in [1.54, 1.807) is 24.3 Å². The van der Waals surface area contributed by atoms with Crippen LogP contribution in [0.2, 0.25) is 0 Å². The molecule has 0 saturated carbocycles. The Balaban J connectivity index is 1.68. The molecular formula is C21H20N2O5. The summed E-state index contributed by atoms with van der Waals surface area (Å²) >= 11 is 0. The quantitative estimate of drug-likeness (QED) is 0.625. The lowest BCUT2D eigenvalue weighted by Crippen LogP contribution is -2.23. The van der Waals surface area contributed by atoms with Crippen molar-refractivity contribution in [3.8, 4) is 22.6 Å². The van der Waals surface area contributed by atoms with Gasteiger partial charge >= 0.3 is 0 Å². The summed E-state index contributed by atoms with van der Waals surface area (Å²) in [5, 5.41) is 2.83. The molecule has 28 heavy (non-hydrogen) atoms. The molecule has 0 unspecified atom stereocenters. The van der Waals surface area contributed by atoms with Gasteiger partial charge in [-0.3, -0.25) is 9.59 Å². The third-order valence-electron chi connectivity index (χ3n) is 4.01. The second kappa shape index (κ2) is 8.77. The number of methoxy groups -OCH3 is 1. The summed E-state index contributed by atoms with van der Waals surface area (Å²) in [6.45, 7) is 0.0213. The first-order valence-corrected chi connectivity index (χ1v) is 8.57. The van der Waals surface area contributed by atoms with Crippen molar-refractivity contribution >= 4 is 11.8 Å². The summed E-state index contributed by atoms with van der Waals surface area (Å²) in [6, 6.07) is 16.4. The Morgan fingerprint density at radius 1 is 1.07 bits per heavy atom. The Morgan fingerprint density at radius 2 is 1.86 bits per heavy atom. The molecule has 0 bridgehead atoms. The van der Waals surface area contributed by atoms with Gasteiger partial charge in [0.15, 0.2) is 23.9 Å². The molecule has 0 spiro atoms. The number of rotatable bonds is 8. The van der Waals surface area contributed by atoms with Crippen LogP contribution in [-0.2, 0) is 11.3 Å². The van der Waals surface area contributed by atoms with Crippen molar-refractivity contribution in [1.82, 2.24) is 5.32 Å². The van der Waals surface area contributed by atoms with Crippen molar-refractivity contribution in [2.75, 3.05) is 13.7 Å². The molecule has 1 heterocycles. The summed E-state index contributed by atoms with van der Waals surface area (Å²) in [7, 11) is 1.49. The van der Waals surface area contributed by atoms with Crippen LogP contribution >= 0.6 is 0 Å². The van der Waals surface area contributed by atoms with E-state index < -0.39 is 5.91 Å². The lowest BCUT2D eigenvalue weighted by Gasteiger charge is -2.12. The minimum Gasteiger partial charge on any atom is -0.493 e. The zero-order valence-corrected chi connectivity index (χ0v) is 15.3. The number of nitrogens with two attached hydrogens (primary N) is 1. The second-order valence-corrected chi connectivity index (χ2v) is 5.95. The minimum absolute atomic E-state index is 0.243. The van der Waals surface area contributed by atoms with Gasteiger partial charge in [0.2, 0.25) is 0 Å². The van der Waals surface area contributed by atoms with Crippen molar-refractivity contribution < 1.29 is 23.5 Å². The highest BCUT2D eigenvalue weighted by atomic mass is 16.5. The molecule has 0 saturated heterocycles. The van der Waals surface area contributed by atoms with Crippen molar-refractivity contribution in [3.63, 3.8) is 0 Å². The molecule has 3 N–H and O–H groups in total. The highest BCUT2D eigenvalue weighted by Gasteiger charge is 2.16. The summed E-state index contributed by atoms with van der Waals surface area (Å²) in [5.74, 6) is 0.187. The monoisotopic (exact) mass is 380 g/mol.